The number of morpholine rings is 1. The molecule has 0 unspecified atom stereocenters. The standard InChI is InChI=1S/C23H25N5O3.C23H25N5O2.C22H17N5O2.C22H23N5O2.C22H25N5O2/c1-16-26-19-13-17(3-5-21(19)31-16)18-4-6-22-25-14-20(28(22)15-18)23(29)24-7-2-8-27-9-11-30-12-10-27;1-16-26-19-13-17(5-7-21(19)30-16)18-6-8-22-25-14-20(28(22)15-18)23(29)24-9-4-12-27-10-2-3-11-27;1-13-3-6-17(10-23-13)26-22(28)19-11-24-21-8-5-16(12-27(19)21)15-4-7-20-18(9-15)25-14(2)29-20;1-15-25-18-12-16(4-6-20(18)29-15)17-5-7-21-24-13-19(27(21)14-17)22(28)23-8-11-26-9-2-3-10-26;1-4-26(5-2)11-10-23-22(28)19-13-24-21-9-7-17(14-27(19)21)16-6-8-20-18(12-16)25-15(3)29-20/h3-6,13-15H,2,7-12H2,1H3,(H,24,29);5-8,13-15H,2-4,9-12H2,1H3,(H,24,29);3-12H,1-2H3,(H,26,28);4-7,12-14H,2-3,8-11H2,1H3,(H,23,28);6-9,12-14H,4-5,10-11H2,1-3H3,(H,23,28). The molecular weight excluding hydrogens is 1870 g/mol. The summed E-state index contributed by atoms with van der Waals surface area (Å²) in [6.45, 7) is 31.7. The van der Waals surface area contributed by atoms with Gasteiger partial charge in [0, 0.05) is 124 Å². The molecule has 5 amide bonds. The normalized spacial score (nSPS) is 13.5. The number of rotatable bonds is 27. The number of nitrogens with zero attached hydrogens (tertiary/aromatic N) is 20. The molecule has 5 N–H and O–H groups in total. The quantitative estimate of drug-likeness (QED) is 0.0299. The second-order valence-corrected chi connectivity index (χ2v) is 37.0. The van der Waals surface area contributed by atoms with Crippen molar-refractivity contribution in [3.8, 4) is 55.6 Å². The zero-order chi connectivity index (χ0) is 102. The summed E-state index contributed by atoms with van der Waals surface area (Å²) in [6.07, 6.45) is 26.4. The van der Waals surface area contributed by atoms with E-state index in [1.54, 1.807) is 41.6 Å². The maximum atomic E-state index is 12.8. The predicted molar refractivity (Wildman–Crippen MR) is 567 cm³/mol. The molecule has 148 heavy (non-hydrogen) atoms. The van der Waals surface area contributed by atoms with Crippen molar-refractivity contribution in [1.29, 1.82) is 0 Å². The number of aromatic nitrogens is 16. The summed E-state index contributed by atoms with van der Waals surface area (Å²) in [4.78, 5) is 121. The molecule has 0 saturated carbocycles. The van der Waals surface area contributed by atoms with Gasteiger partial charge in [-0.15, -0.1) is 0 Å². The molecule has 0 bridgehead atoms. The average Bonchev–Trinajstić information content (AvgIpc) is 1.67. The van der Waals surface area contributed by atoms with Gasteiger partial charge in [-0.25, -0.2) is 49.8 Å². The minimum Gasteiger partial charge on any atom is -0.441 e. The number of amides is 5. The molecule has 36 nitrogen and oxygen atoms in total. The molecule has 3 aliphatic heterocycles. The van der Waals surface area contributed by atoms with E-state index in [9.17, 15) is 24.0 Å². The maximum absolute atomic E-state index is 12.8. The molecule has 24 rings (SSSR count). The highest BCUT2D eigenvalue weighted by atomic mass is 16.5. The Hall–Kier alpha value is -16.8. The Bertz CT molecular complexity index is 8210. The molecule has 16 aromatic heterocycles. The Balaban J connectivity index is 0.000000112. The molecule has 3 fully saturated rings. The van der Waals surface area contributed by atoms with Crippen LogP contribution in [0.5, 0.6) is 0 Å². The van der Waals surface area contributed by atoms with Crippen molar-refractivity contribution in [2.75, 3.05) is 123 Å². The van der Waals surface area contributed by atoms with Gasteiger partial charge in [-0.3, -0.25) is 55.9 Å². The molecule has 5 aromatic carbocycles. The van der Waals surface area contributed by atoms with Crippen LogP contribution in [0.3, 0.4) is 0 Å². The van der Waals surface area contributed by atoms with Gasteiger partial charge in [0.1, 0.15) is 84.3 Å². The van der Waals surface area contributed by atoms with E-state index >= 15 is 0 Å². The van der Waals surface area contributed by atoms with Crippen molar-refractivity contribution in [3.05, 3.63) is 296 Å². The Morgan fingerprint density at radius 2 is 0.588 bits per heavy atom. The van der Waals surface area contributed by atoms with E-state index in [4.69, 9.17) is 26.8 Å². The summed E-state index contributed by atoms with van der Waals surface area (Å²) in [5.41, 5.74) is 25.6. The number of hydrogen-bond donors (Lipinski definition) is 5. The van der Waals surface area contributed by atoms with E-state index in [2.05, 4.69) is 115 Å². The summed E-state index contributed by atoms with van der Waals surface area (Å²) in [7, 11) is 0. The third-order valence-electron chi connectivity index (χ3n) is 26.7. The highest BCUT2D eigenvalue weighted by molar-refractivity contribution is 6.04. The lowest BCUT2D eigenvalue weighted by Crippen LogP contribution is -2.38. The van der Waals surface area contributed by atoms with Gasteiger partial charge in [-0.2, -0.15) is 0 Å². The van der Waals surface area contributed by atoms with Crippen LogP contribution in [0.2, 0.25) is 0 Å². The fourth-order valence-corrected chi connectivity index (χ4v) is 18.8. The van der Waals surface area contributed by atoms with Crippen molar-refractivity contribution in [3.63, 3.8) is 0 Å². The number of oxazole rings is 5. The van der Waals surface area contributed by atoms with Crippen LogP contribution in [0, 0.1) is 41.5 Å². The number of imidazole rings is 5. The number of ether oxygens (including phenoxy) is 1. The van der Waals surface area contributed by atoms with Crippen molar-refractivity contribution in [2.24, 2.45) is 0 Å². The molecule has 0 atom stereocenters. The average molecular weight is 1990 g/mol. The van der Waals surface area contributed by atoms with Gasteiger partial charge < -0.3 is 68.1 Å². The molecular formula is C112H115N25O11. The van der Waals surface area contributed by atoms with Crippen LogP contribution in [0.1, 0.15) is 140 Å². The van der Waals surface area contributed by atoms with Gasteiger partial charge in [0.25, 0.3) is 29.5 Å². The fourth-order valence-electron chi connectivity index (χ4n) is 18.8. The molecule has 754 valence electrons. The second kappa shape index (κ2) is 44.8. The number of nitrogens with one attached hydrogen (secondary N) is 5. The molecule has 21 aromatic rings. The first kappa shape index (κ1) is 98.6. The monoisotopic (exact) mass is 1990 g/mol. The molecule has 0 radical (unpaired) electrons. The Morgan fingerprint density at radius 3 is 0.892 bits per heavy atom. The highest BCUT2D eigenvalue weighted by Crippen LogP contribution is 2.34. The molecule has 3 saturated heterocycles. The molecule has 19 heterocycles. The largest absolute Gasteiger partial charge is 0.441 e. The first-order valence-corrected chi connectivity index (χ1v) is 50.2. The summed E-state index contributed by atoms with van der Waals surface area (Å²) >= 11 is 0. The minimum absolute atomic E-state index is 0.0938. The van der Waals surface area contributed by atoms with E-state index in [0.717, 1.165) is 231 Å². The summed E-state index contributed by atoms with van der Waals surface area (Å²) in [6, 6.07) is 52.8. The number of hydrogen-bond acceptors (Lipinski definition) is 26. The lowest BCUT2D eigenvalue weighted by molar-refractivity contribution is 0.0374. The van der Waals surface area contributed by atoms with Crippen LogP contribution in [0.15, 0.2) is 254 Å². The van der Waals surface area contributed by atoms with E-state index in [0.29, 0.717) is 95.4 Å². The predicted octanol–water partition coefficient (Wildman–Crippen LogP) is 17.8. The number of benzene rings is 5. The van der Waals surface area contributed by atoms with Crippen LogP contribution in [0.25, 0.3) is 139 Å². The van der Waals surface area contributed by atoms with Gasteiger partial charge in [0.2, 0.25) is 0 Å². The number of carbonyl (C=O) groups is 5. The van der Waals surface area contributed by atoms with Crippen molar-refractivity contribution in [1.82, 2.24) is 118 Å². The third-order valence-corrected chi connectivity index (χ3v) is 26.7. The van der Waals surface area contributed by atoms with Gasteiger partial charge >= 0.3 is 0 Å². The van der Waals surface area contributed by atoms with Gasteiger partial charge in [0.15, 0.2) is 57.4 Å². The van der Waals surface area contributed by atoms with E-state index in [1.807, 2.05) is 254 Å². The van der Waals surface area contributed by atoms with E-state index in [-0.39, 0.29) is 29.5 Å². The number of likely N-dealkylation sites (tertiary alicyclic amines) is 2. The van der Waals surface area contributed by atoms with Gasteiger partial charge in [-0.05, 0) is 287 Å². The Morgan fingerprint density at radius 1 is 0.304 bits per heavy atom. The topological polar surface area (TPSA) is 397 Å². The first-order valence-electron chi connectivity index (χ1n) is 50.2. The smallest absolute Gasteiger partial charge is 0.274 e. The van der Waals surface area contributed by atoms with Crippen LogP contribution in [-0.4, -0.2) is 244 Å². The number of likely N-dealkylation sites (N-methyl/N-ethyl adjacent to an activating group) is 1. The SMILES string of the molecule is CCN(CC)CCNC(=O)c1cnc2ccc(-c3ccc4oc(C)nc4c3)cn12.Cc1ccc(NC(=O)c2cnc3ccc(-c4ccc5oc(C)nc5c4)cn23)cn1.Cc1nc2cc(-c3ccc4ncc(C(=O)NCCCN5CCCC5)n4c3)ccc2o1.Cc1nc2cc(-c3ccc4ncc(C(=O)NCCCN5CCOCC5)n4c3)ccc2o1.Cc1nc2cc(-c3ccc4ncc(C(=O)NCCN5CCCC5)n4c3)ccc2o1. The lowest BCUT2D eigenvalue weighted by atomic mass is 10.1. The molecule has 3 aliphatic rings. The van der Waals surface area contributed by atoms with E-state index < -0.39 is 0 Å². The summed E-state index contributed by atoms with van der Waals surface area (Å²) in [5, 5.41) is 15.0. The minimum atomic E-state index is -0.247. The van der Waals surface area contributed by atoms with Crippen molar-refractivity contribution >= 4 is 119 Å². The van der Waals surface area contributed by atoms with Crippen LogP contribution >= 0.6 is 0 Å². The summed E-state index contributed by atoms with van der Waals surface area (Å²) < 4.78 is 42.3. The van der Waals surface area contributed by atoms with Crippen LogP contribution in [0.4, 0.5) is 5.69 Å². The van der Waals surface area contributed by atoms with E-state index in [1.165, 1.54) is 38.8 Å². The zero-order valence-electron chi connectivity index (χ0n) is 83.8. The Labute approximate surface area is 851 Å². The van der Waals surface area contributed by atoms with Crippen molar-refractivity contribution in [2.45, 2.75) is 93.9 Å². The Kier molecular flexibility index (Phi) is 29.9. The number of carbonyl (C=O) groups excluding carboxylic acids is 5. The maximum Gasteiger partial charge on any atom is 0.274 e. The molecule has 0 spiro atoms. The fraction of sp³-hybridized carbons (Fsp3) is 0.286. The number of fused-ring (bicyclic) bond motifs is 10. The van der Waals surface area contributed by atoms with Gasteiger partial charge in [0.05, 0.1) is 56.1 Å². The number of aryl methyl sites for hydroxylation is 6. The van der Waals surface area contributed by atoms with Crippen LogP contribution < -0.4 is 26.6 Å². The number of anilines is 1. The highest BCUT2D eigenvalue weighted by Gasteiger charge is 2.24. The first-order chi connectivity index (χ1) is 72.2. The van der Waals surface area contributed by atoms with Crippen molar-refractivity contribution < 1.29 is 50.8 Å². The van der Waals surface area contributed by atoms with Gasteiger partial charge in [-0.1, -0.05) is 44.2 Å². The second-order valence-electron chi connectivity index (χ2n) is 37.0. The lowest BCUT2D eigenvalue weighted by Gasteiger charge is -2.26. The number of pyridine rings is 6. The molecule has 0 aliphatic carbocycles. The van der Waals surface area contributed by atoms with Crippen LogP contribution in [-0.2, 0) is 4.74 Å². The molecule has 36 heteroatoms. The third kappa shape index (κ3) is 22.9. The zero-order valence-corrected chi connectivity index (χ0v) is 83.8. The summed E-state index contributed by atoms with van der Waals surface area (Å²) in [5.74, 6) is 2.54.